The summed E-state index contributed by atoms with van der Waals surface area (Å²) in [5.74, 6) is -1.89. The second kappa shape index (κ2) is 8.35. The highest BCUT2D eigenvalue weighted by atomic mass is 16.6. The van der Waals surface area contributed by atoms with Crippen LogP contribution in [0.2, 0.25) is 0 Å². The molecule has 3 rings (SSSR count). The molecule has 0 spiro atoms. The standard InChI is InChI=1S/C20H14N2O8/c1-11(23)28-17-8-3-13(10-18(17)29-12(2)24)9-16-20(25)30-19(21-16)14-4-6-15(7-5-14)22(26)27/h3-10H,1-2H3/b16-9-. The average molecular weight is 410 g/mol. The SMILES string of the molecule is CC(=O)Oc1ccc(/C=C2\N=C(c3ccc([N+](=O)[O-])cc3)OC2=O)cc1OC(C)=O. The second-order valence-electron chi connectivity index (χ2n) is 6.03. The average Bonchev–Trinajstić information content (AvgIpc) is 3.03. The van der Waals surface area contributed by atoms with Crippen LogP contribution in [-0.2, 0) is 19.1 Å². The first-order chi connectivity index (χ1) is 14.2. The fraction of sp³-hybridized carbons (Fsp3) is 0.100. The number of nitro benzene ring substituents is 1. The van der Waals surface area contributed by atoms with Crippen molar-refractivity contribution in [1.82, 2.24) is 0 Å². The van der Waals surface area contributed by atoms with E-state index in [1.165, 1.54) is 62.4 Å². The van der Waals surface area contributed by atoms with Gasteiger partial charge in [0.2, 0.25) is 5.90 Å². The van der Waals surface area contributed by atoms with E-state index in [2.05, 4.69) is 4.99 Å². The van der Waals surface area contributed by atoms with Crippen LogP contribution in [0.25, 0.3) is 6.08 Å². The Morgan fingerprint density at radius 1 is 1.03 bits per heavy atom. The quantitative estimate of drug-likeness (QED) is 0.241. The van der Waals surface area contributed by atoms with Gasteiger partial charge in [-0.2, -0.15) is 0 Å². The highest BCUT2D eigenvalue weighted by Crippen LogP contribution is 2.30. The second-order valence-corrected chi connectivity index (χ2v) is 6.03. The van der Waals surface area contributed by atoms with Crippen LogP contribution in [0.3, 0.4) is 0 Å². The zero-order valence-electron chi connectivity index (χ0n) is 15.8. The molecule has 1 heterocycles. The van der Waals surface area contributed by atoms with E-state index in [0.717, 1.165) is 0 Å². The number of nitro groups is 1. The molecule has 0 saturated heterocycles. The van der Waals surface area contributed by atoms with E-state index in [4.69, 9.17) is 14.2 Å². The maximum absolute atomic E-state index is 12.1. The summed E-state index contributed by atoms with van der Waals surface area (Å²) in [6.45, 7) is 2.40. The smallest absolute Gasteiger partial charge is 0.363 e. The molecule has 0 aliphatic carbocycles. The summed E-state index contributed by atoms with van der Waals surface area (Å²) in [5.41, 5.74) is 0.689. The van der Waals surface area contributed by atoms with Crippen LogP contribution in [0, 0.1) is 10.1 Å². The van der Waals surface area contributed by atoms with Gasteiger partial charge in [0.05, 0.1) is 4.92 Å². The van der Waals surface area contributed by atoms with E-state index in [9.17, 15) is 24.5 Å². The van der Waals surface area contributed by atoms with E-state index >= 15 is 0 Å². The van der Waals surface area contributed by atoms with Gasteiger partial charge in [0.25, 0.3) is 5.69 Å². The summed E-state index contributed by atoms with van der Waals surface area (Å²) in [7, 11) is 0. The van der Waals surface area contributed by atoms with Crippen molar-refractivity contribution in [2.24, 2.45) is 4.99 Å². The third-order valence-corrected chi connectivity index (χ3v) is 3.72. The molecule has 0 radical (unpaired) electrons. The van der Waals surface area contributed by atoms with Crippen LogP contribution < -0.4 is 9.47 Å². The van der Waals surface area contributed by atoms with E-state index in [1.54, 1.807) is 0 Å². The number of aliphatic imine (C=N–C) groups is 1. The summed E-state index contributed by atoms with van der Waals surface area (Å²) >= 11 is 0. The highest BCUT2D eigenvalue weighted by molar-refractivity contribution is 6.12. The molecule has 10 nitrogen and oxygen atoms in total. The number of carbonyl (C=O) groups is 3. The minimum atomic E-state index is -0.721. The molecule has 152 valence electrons. The Bertz CT molecular complexity index is 1120. The van der Waals surface area contributed by atoms with E-state index in [1.807, 2.05) is 0 Å². The molecule has 0 atom stereocenters. The van der Waals surface area contributed by atoms with Crippen molar-refractivity contribution in [2.45, 2.75) is 13.8 Å². The first kappa shape index (κ1) is 20.4. The Morgan fingerprint density at radius 2 is 1.67 bits per heavy atom. The van der Waals surface area contributed by atoms with Crippen LogP contribution in [-0.4, -0.2) is 28.7 Å². The lowest BCUT2D eigenvalue weighted by molar-refractivity contribution is -0.384. The Labute approximate surface area is 169 Å². The largest absolute Gasteiger partial charge is 0.423 e. The van der Waals surface area contributed by atoms with E-state index < -0.39 is 22.8 Å². The molecular weight excluding hydrogens is 396 g/mol. The number of hydrogen-bond acceptors (Lipinski definition) is 9. The predicted octanol–water partition coefficient (Wildman–Crippen LogP) is 2.79. The lowest BCUT2D eigenvalue weighted by atomic mass is 10.1. The Morgan fingerprint density at radius 3 is 2.27 bits per heavy atom. The maximum atomic E-state index is 12.1. The van der Waals surface area contributed by atoms with Crippen LogP contribution >= 0.6 is 0 Å². The molecular formula is C20H14N2O8. The molecule has 0 unspecified atom stereocenters. The van der Waals surface area contributed by atoms with Gasteiger partial charge in [-0.15, -0.1) is 0 Å². The van der Waals surface area contributed by atoms with Gasteiger partial charge in [-0.25, -0.2) is 9.79 Å². The summed E-state index contributed by atoms with van der Waals surface area (Å²) in [5, 5.41) is 10.7. The minimum Gasteiger partial charge on any atom is -0.423 e. The number of ether oxygens (including phenoxy) is 3. The molecule has 0 amide bonds. The molecule has 0 bridgehead atoms. The van der Waals surface area contributed by atoms with Gasteiger partial charge in [0.15, 0.2) is 17.2 Å². The summed E-state index contributed by atoms with van der Waals surface area (Å²) in [4.78, 5) is 49.0. The van der Waals surface area contributed by atoms with Crippen molar-refractivity contribution in [2.75, 3.05) is 0 Å². The van der Waals surface area contributed by atoms with Crippen molar-refractivity contribution < 1.29 is 33.5 Å². The Hall–Kier alpha value is -4.34. The predicted molar refractivity (Wildman–Crippen MR) is 103 cm³/mol. The first-order valence-corrected chi connectivity index (χ1v) is 8.51. The number of esters is 3. The highest BCUT2D eigenvalue weighted by Gasteiger charge is 2.25. The molecule has 1 aliphatic heterocycles. The number of hydrogen-bond donors (Lipinski definition) is 0. The molecule has 10 heteroatoms. The van der Waals surface area contributed by atoms with Crippen LogP contribution in [0.4, 0.5) is 5.69 Å². The van der Waals surface area contributed by atoms with Gasteiger partial charge in [-0.3, -0.25) is 19.7 Å². The number of non-ortho nitro benzene ring substituents is 1. The topological polar surface area (TPSA) is 134 Å². The Kier molecular flexibility index (Phi) is 5.68. The fourth-order valence-electron chi connectivity index (χ4n) is 2.50. The van der Waals surface area contributed by atoms with Crippen LogP contribution in [0.5, 0.6) is 11.5 Å². The zero-order valence-corrected chi connectivity index (χ0v) is 15.8. The van der Waals surface area contributed by atoms with Crippen molar-refractivity contribution >= 4 is 35.6 Å². The van der Waals surface area contributed by atoms with Gasteiger partial charge < -0.3 is 14.2 Å². The summed E-state index contributed by atoms with van der Waals surface area (Å²) in [6, 6.07) is 9.72. The van der Waals surface area contributed by atoms with Crippen molar-refractivity contribution in [1.29, 1.82) is 0 Å². The van der Waals surface area contributed by atoms with Gasteiger partial charge in [-0.05, 0) is 35.9 Å². The number of cyclic esters (lactones) is 1. The van der Waals surface area contributed by atoms with Crippen molar-refractivity contribution in [3.05, 3.63) is 69.4 Å². The molecule has 0 saturated carbocycles. The monoisotopic (exact) mass is 410 g/mol. The molecule has 0 aromatic heterocycles. The first-order valence-electron chi connectivity index (χ1n) is 8.51. The zero-order chi connectivity index (χ0) is 21.8. The van der Waals surface area contributed by atoms with Crippen molar-refractivity contribution in [3.63, 3.8) is 0 Å². The van der Waals surface area contributed by atoms with E-state index in [0.29, 0.717) is 11.1 Å². The molecule has 2 aromatic carbocycles. The van der Waals surface area contributed by atoms with Crippen LogP contribution in [0.15, 0.2) is 53.2 Å². The molecule has 2 aromatic rings. The van der Waals surface area contributed by atoms with Gasteiger partial charge >= 0.3 is 17.9 Å². The molecule has 1 aliphatic rings. The number of rotatable bonds is 5. The third-order valence-electron chi connectivity index (χ3n) is 3.72. The van der Waals surface area contributed by atoms with Crippen molar-refractivity contribution in [3.8, 4) is 11.5 Å². The molecule has 0 N–H and O–H groups in total. The van der Waals surface area contributed by atoms with Gasteiger partial charge in [-0.1, -0.05) is 6.07 Å². The van der Waals surface area contributed by atoms with Gasteiger partial charge in [0, 0.05) is 31.5 Å². The maximum Gasteiger partial charge on any atom is 0.363 e. The number of benzene rings is 2. The lowest BCUT2D eigenvalue weighted by Gasteiger charge is -2.09. The van der Waals surface area contributed by atoms with Gasteiger partial charge in [0.1, 0.15) is 0 Å². The molecule has 0 fully saturated rings. The lowest BCUT2D eigenvalue weighted by Crippen LogP contribution is -2.07. The van der Waals surface area contributed by atoms with E-state index in [-0.39, 0.29) is 28.8 Å². The molecule has 30 heavy (non-hydrogen) atoms. The third kappa shape index (κ3) is 4.73. The Balaban J connectivity index is 1.91. The summed E-state index contributed by atoms with van der Waals surface area (Å²) in [6.07, 6.45) is 1.39. The summed E-state index contributed by atoms with van der Waals surface area (Å²) < 4.78 is 15.2. The minimum absolute atomic E-state index is 0.00186. The number of nitrogens with zero attached hydrogens (tertiary/aromatic N) is 2. The fourth-order valence-corrected chi connectivity index (χ4v) is 2.50. The van der Waals surface area contributed by atoms with Crippen LogP contribution in [0.1, 0.15) is 25.0 Å². The normalized spacial score (nSPS) is 14.1. The number of carbonyl (C=O) groups excluding carboxylic acids is 3.